The number of amides is 2. The van der Waals surface area contributed by atoms with Crippen molar-refractivity contribution < 1.29 is 9.59 Å². The van der Waals surface area contributed by atoms with Crippen LogP contribution in [0.25, 0.3) is 0 Å². The van der Waals surface area contributed by atoms with Gasteiger partial charge in [0.15, 0.2) is 0 Å². The molecular weight excluding hydrogens is 300 g/mol. The van der Waals surface area contributed by atoms with Crippen LogP contribution in [0.15, 0.2) is 18.2 Å². The van der Waals surface area contributed by atoms with E-state index in [9.17, 15) is 9.59 Å². The van der Waals surface area contributed by atoms with Gasteiger partial charge >= 0.3 is 0 Å². The molecule has 0 saturated heterocycles. The van der Waals surface area contributed by atoms with Crippen LogP contribution < -0.4 is 10.6 Å². The Morgan fingerprint density at radius 1 is 1.08 bits per heavy atom. The van der Waals surface area contributed by atoms with E-state index in [-0.39, 0.29) is 11.8 Å². The molecule has 2 N–H and O–H groups in total. The van der Waals surface area contributed by atoms with E-state index in [1.165, 1.54) is 0 Å². The molecule has 0 unspecified atom stereocenters. The number of rotatable bonds is 7. The fourth-order valence-electron chi connectivity index (χ4n) is 2.41. The third kappa shape index (κ3) is 5.08. The summed E-state index contributed by atoms with van der Waals surface area (Å²) in [5.41, 5.74) is 1.79. The van der Waals surface area contributed by atoms with Gasteiger partial charge in [0.1, 0.15) is 5.41 Å². The molecule has 24 heavy (non-hydrogen) atoms. The summed E-state index contributed by atoms with van der Waals surface area (Å²) >= 11 is 0. The highest BCUT2D eigenvalue weighted by Gasteiger charge is 2.36. The molecule has 0 saturated carbocycles. The number of hydrogen-bond acceptors (Lipinski definition) is 2. The molecule has 0 fully saturated rings. The van der Waals surface area contributed by atoms with Crippen molar-refractivity contribution in [3.05, 3.63) is 29.3 Å². The maximum atomic E-state index is 12.7. The maximum absolute atomic E-state index is 12.7. The van der Waals surface area contributed by atoms with Crippen LogP contribution in [0.3, 0.4) is 0 Å². The molecule has 0 spiro atoms. The first kappa shape index (κ1) is 20.2. The van der Waals surface area contributed by atoms with Crippen LogP contribution in [0.5, 0.6) is 0 Å². The standard InChI is InChI=1S/C20H32N2O2/c1-13(2)11-12-21-18(23)20(6,7)19(24)22-17-15(5)9-8-10-16(17)14(3)4/h8-10,13-14H,11-12H2,1-7H3,(H,21,23)(H,22,24). The van der Waals surface area contributed by atoms with Gasteiger partial charge in [0.05, 0.1) is 0 Å². The van der Waals surface area contributed by atoms with E-state index < -0.39 is 5.41 Å². The van der Waals surface area contributed by atoms with Crippen LogP contribution in [0.2, 0.25) is 0 Å². The van der Waals surface area contributed by atoms with Crippen LogP contribution in [0.1, 0.15) is 65.0 Å². The monoisotopic (exact) mass is 332 g/mol. The van der Waals surface area contributed by atoms with Gasteiger partial charge in [-0.1, -0.05) is 45.9 Å². The third-order valence-electron chi connectivity index (χ3n) is 4.31. The maximum Gasteiger partial charge on any atom is 0.239 e. The fourth-order valence-corrected chi connectivity index (χ4v) is 2.41. The molecule has 2 amide bonds. The summed E-state index contributed by atoms with van der Waals surface area (Å²) in [7, 11) is 0. The second-order valence-electron chi connectivity index (χ2n) is 7.71. The van der Waals surface area contributed by atoms with Crippen LogP contribution in [-0.4, -0.2) is 18.4 Å². The van der Waals surface area contributed by atoms with Gasteiger partial charge in [0.2, 0.25) is 11.8 Å². The Kier molecular flexibility index (Phi) is 7.00. The molecule has 0 atom stereocenters. The second kappa shape index (κ2) is 8.32. The van der Waals surface area contributed by atoms with Crippen LogP contribution in [-0.2, 0) is 9.59 Å². The number of nitrogens with one attached hydrogen (secondary N) is 2. The smallest absolute Gasteiger partial charge is 0.239 e. The van der Waals surface area contributed by atoms with Crippen LogP contribution in [0.4, 0.5) is 5.69 Å². The Morgan fingerprint density at radius 3 is 2.25 bits per heavy atom. The van der Waals surface area contributed by atoms with E-state index in [4.69, 9.17) is 0 Å². The van der Waals surface area contributed by atoms with Crippen molar-refractivity contribution in [1.29, 1.82) is 0 Å². The molecule has 1 rings (SSSR count). The van der Waals surface area contributed by atoms with Crippen molar-refractivity contribution in [3.8, 4) is 0 Å². The van der Waals surface area contributed by atoms with E-state index >= 15 is 0 Å². The number of carbonyl (C=O) groups excluding carboxylic acids is 2. The molecule has 0 aliphatic rings. The van der Waals surface area contributed by atoms with Crippen molar-refractivity contribution in [2.75, 3.05) is 11.9 Å². The summed E-state index contributed by atoms with van der Waals surface area (Å²) in [4.78, 5) is 25.1. The molecule has 0 bridgehead atoms. The van der Waals surface area contributed by atoms with Crippen molar-refractivity contribution in [2.24, 2.45) is 11.3 Å². The van der Waals surface area contributed by atoms with Crippen LogP contribution >= 0.6 is 0 Å². The molecule has 4 heteroatoms. The molecule has 0 aliphatic heterocycles. The first-order chi connectivity index (χ1) is 11.1. The molecular formula is C20H32N2O2. The van der Waals surface area contributed by atoms with Gasteiger partial charge in [0, 0.05) is 12.2 Å². The Labute approximate surface area is 146 Å². The predicted molar refractivity (Wildman–Crippen MR) is 100 cm³/mol. The number of carbonyl (C=O) groups is 2. The van der Waals surface area contributed by atoms with E-state index in [0.717, 1.165) is 23.2 Å². The Hall–Kier alpha value is -1.84. The largest absolute Gasteiger partial charge is 0.355 e. The van der Waals surface area contributed by atoms with Gasteiger partial charge in [-0.3, -0.25) is 9.59 Å². The first-order valence-electron chi connectivity index (χ1n) is 8.76. The van der Waals surface area contributed by atoms with Gasteiger partial charge in [-0.15, -0.1) is 0 Å². The number of benzene rings is 1. The van der Waals surface area contributed by atoms with Crippen molar-refractivity contribution in [2.45, 2.75) is 60.8 Å². The minimum atomic E-state index is -1.12. The highest BCUT2D eigenvalue weighted by atomic mass is 16.2. The Bertz CT molecular complexity index is 589. The predicted octanol–water partition coefficient (Wildman–Crippen LogP) is 4.25. The topological polar surface area (TPSA) is 58.2 Å². The fraction of sp³-hybridized carbons (Fsp3) is 0.600. The molecule has 0 aliphatic carbocycles. The highest BCUT2D eigenvalue weighted by Crippen LogP contribution is 2.29. The Balaban J connectivity index is 2.88. The lowest BCUT2D eigenvalue weighted by Gasteiger charge is -2.25. The van der Waals surface area contributed by atoms with E-state index in [1.54, 1.807) is 13.8 Å². The SMILES string of the molecule is Cc1cccc(C(C)C)c1NC(=O)C(C)(C)C(=O)NCCC(C)C. The zero-order chi connectivity index (χ0) is 18.5. The number of anilines is 1. The van der Waals surface area contributed by atoms with E-state index in [1.807, 2.05) is 25.1 Å². The highest BCUT2D eigenvalue weighted by molar-refractivity contribution is 6.10. The van der Waals surface area contributed by atoms with Crippen molar-refractivity contribution in [1.82, 2.24) is 5.32 Å². The summed E-state index contributed by atoms with van der Waals surface area (Å²) in [6, 6.07) is 5.98. The average molecular weight is 332 g/mol. The van der Waals surface area contributed by atoms with Gasteiger partial charge in [-0.25, -0.2) is 0 Å². The van der Waals surface area contributed by atoms with Gasteiger partial charge in [-0.05, 0) is 50.2 Å². The molecule has 0 aromatic heterocycles. The summed E-state index contributed by atoms with van der Waals surface area (Å²) < 4.78 is 0. The molecule has 134 valence electrons. The molecule has 1 aromatic carbocycles. The zero-order valence-electron chi connectivity index (χ0n) is 16.1. The quantitative estimate of drug-likeness (QED) is 0.734. The summed E-state index contributed by atoms with van der Waals surface area (Å²) in [6.45, 7) is 14.3. The van der Waals surface area contributed by atoms with Gasteiger partial charge in [-0.2, -0.15) is 0 Å². The number of para-hydroxylation sites is 1. The minimum absolute atomic E-state index is 0.236. The molecule has 0 heterocycles. The van der Waals surface area contributed by atoms with Crippen molar-refractivity contribution in [3.63, 3.8) is 0 Å². The lowest BCUT2D eigenvalue weighted by molar-refractivity contribution is -0.138. The van der Waals surface area contributed by atoms with E-state index in [0.29, 0.717) is 18.4 Å². The summed E-state index contributed by atoms with van der Waals surface area (Å²) in [6.07, 6.45) is 0.902. The first-order valence-corrected chi connectivity index (χ1v) is 8.76. The zero-order valence-corrected chi connectivity index (χ0v) is 16.1. The second-order valence-corrected chi connectivity index (χ2v) is 7.71. The average Bonchev–Trinajstić information content (AvgIpc) is 2.48. The summed E-state index contributed by atoms with van der Waals surface area (Å²) in [5.74, 6) is 0.298. The van der Waals surface area contributed by atoms with Gasteiger partial charge in [0.25, 0.3) is 0 Å². The number of aryl methyl sites for hydroxylation is 1. The Morgan fingerprint density at radius 2 is 1.71 bits per heavy atom. The molecule has 1 aromatic rings. The van der Waals surface area contributed by atoms with E-state index in [2.05, 4.69) is 38.3 Å². The lowest BCUT2D eigenvalue weighted by Crippen LogP contribution is -2.45. The third-order valence-corrected chi connectivity index (χ3v) is 4.31. The minimum Gasteiger partial charge on any atom is -0.355 e. The van der Waals surface area contributed by atoms with Gasteiger partial charge < -0.3 is 10.6 Å². The number of hydrogen-bond donors (Lipinski definition) is 2. The molecule has 0 radical (unpaired) electrons. The molecule has 4 nitrogen and oxygen atoms in total. The lowest BCUT2D eigenvalue weighted by atomic mass is 9.90. The van der Waals surface area contributed by atoms with Crippen LogP contribution in [0, 0.1) is 18.3 Å². The normalized spacial score (nSPS) is 11.7. The van der Waals surface area contributed by atoms with Crippen molar-refractivity contribution >= 4 is 17.5 Å². The summed E-state index contributed by atoms with van der Waals surface area (Å²) in [5, 5.41) is 5.85.